The van der Waals surface area contributed by atoms with E-state index in [1.807, 2.05) is 37.3 Å². The van der Waals surface area contributed by atoms with E-state index in [4.69, 9.17) is 9.84 Å². The molecule has 3 aromatic rings. The molecule has 1 N–H and O–H groups in total. The van der Waals surface area contributed by atoms with Crippen LogP contribution in [0.1, 0.15) is 61.2 Å². The van der Waals surface area contributed by atoms with Crippen LogP contribution in [0.15, 0.2) is 48.5 Å². The SMILES string of the molecule is Cc1ccccc1-n1nc(C(C)(C)C)c2c1N(CC(=O)NC[C@@H]1CCCO1)C(=O)CS[C@@H]2c1cccc(F)c1. The van der Waals surface area contributed by atoms with Gasteiger partial charge in [0.05, 0.1) is 28.5 Å². The summed E-state index contributed by atoms with van der Waals surface area (Å²) >= 11 is 1.44. The molecular weight excluding hydrogens is 515 g/mol. The number of hydrogen-bond acceptors (Lipinski definition) is 5. The zero-order valence-electron chi connectivity index (χ0n) is 22.9. The number of ether oxygens (including phenoxy) is 1. The van der Waals surface area contributed by atoms with Gasteiger partial charge in [-0.15, -0.1) is 11.8 Å². The number of hydrogen-bond donors (Lipinski definition) is 1. The maximum Gasteiger partial charge on any atom is 0.240 e. The highest BCUT2D eigenvalue weighted by Gasteiger charge is 2.40. The van der Waals surface area contributed by atoms with Gasteiger partial charge in [0.15, 0.2) is 0 Å². The highest BCUT2D eigenvalue weighted by Crippen LogP contribution is 2.48. The lowest BCUT2D eigenvalue weighted by Crippen LogP contribution is -2.44. The summed E-state index contributed by atoms with van der Waals surface area (Å²) in [5.41, 5.74) is 3.82. The number of carbonyl (C=O) groups is 2. The number of benzene rings is 2. The molecule has 3 heterocycles. The highest BCUT2D eigenvalue weighted by molar-refractivity contribution is 8.00. The lowest BCUT2D eigenvalue weighted by molar-refractivity contribution is -0.123. The van der Waals surface area contributed by atoms with E-state index in [-0.39, 0.29) is 46.7 Å². The fourth-order valence-corrected chi connectivity index (χ4v) is 6.40. The monoisotopic (exact) mass is 550 g/mol. The quantitative estimate of drug-likeness (QED) is 0.463. The van der Waals surface area contributed by atoms with Crippen molar-refractivity contribution in [3.05, 3.63) is 76.7 Å². The number of fused-ring (bicyclic) bond motifs is 1. The van der Waals surface area contributed by atoms with E-state index >= 15 is 0 Å². The fourth-order valence-electron chi connectivity index (χ4n) is 5.21. The number of thioether (sulfide) groups is 1. The van der Waals surface area contributed by atoms with Gasteiger partial charge >= 0.3 is 0 Å². The van der Waals surface area contributed by atoms with Crippen LogP contribution < -0.4 is 10.2 Å². The molecule has 0 saturated carbocycles. The Bertz CT molecular complexity index is 1380. The topological polar surface area (TPSA) is 76.5 Å². The molecule has 2 aromatic carbocycles. The van der Waals surface area contributed by atoms with Crippen molar-refractivity contribution in [3.63, 3.8) is 0 Å². The maximum atomic E-state index is 14.4. The number of nitrogens with zero attached hydrogens (tertiary/aromatic N) is 3. The molecule has 1 saturated heterocycles. The van der Waals surface area contributed by atoms with Gasteiger partial charge < -0.3 is 10.1 Å². The Morgan fingerprint density at radius 2 is 2.00 bits per heavy atom. The van der Waals surface area contributed by atoms with Crippen LogP contribution in [-0.2, 0) is 19.7 Å². The fraction of sp³-hybridized carbons (Fsp3) is 0.433. The zero-order chi connectivity index (χ0) is 27.7. The van der Waals surface area contributed by atoms with Crippen molar-refractivity contribution in [1.29, 1.82) is 0 Å². The van der Waals surface area contributed by atoms with Gasteiger partial charge in [-0.25, -0.2) is 9.07 Å². The first kappa shape index (κ1) is 27.4. The smallest absolute Gasteiger partial charge is 0.240 e. The minimum atomic E-state index is -0.384. The van der Waals surface area contributed by atoms with Gasteiger partial charge in [-0.1, -0.05) is 51.1 Å². The Labute approximate surface area is 233 Å². The van der Waals surface area contributed by atoms with Gasteiger partial charge in [0, 0.05) is 24.1 Å². The Morgan fingerprint density at radius 3 is 2.69 bits per heavy atom. The van der Waals surface area contributed by atoms with Crippen LogP contribution in [0, 0.1) is 12.7 Å². The van der Waals surface area contributed by atoms with Gasteiger partial charge in [0.1, 0.15) is 18.2 Å². The summed E-state index contributed by atoms with van der Waals surface area (Å²) in [6.45, 7) is 9.22. The highest BCUT2D eigenvalue weighted by atomic mass is 32.2. The van der Waals surface area contributed by atoms with E-state index in [9.17, 15) is 14.0 Å². The van der Waals surface area contributed by atoms with E-state index in [1.54, 1.807) is 15.6 Å². The standard InChI is InChI=1S/C30H35FN4O3S/c1-19-9-5-6-13-23(19)35-29-26(28(33-35)30(2,3)4)27(20-10-7-11-21(31)15-20)39-18-25(37)34(29)17-24(36)32-16-22-12-8-14-38-22/h5-7,9-11,13,15,22,27H,8,12,14,16-18H2,1-4H3,(H,32,36)/t22-,27+/m0/s1. The molecule has 5 rings (SSSR count). The molecular formula is C30H35FN4O3S. The Kier molecular flexibility index (Phi) is 7.82. The second-order valence-corrected chi connectivity index (χ2v) is 12.3. The van der Waals surface area contributed by atoms with Crippen molar-refractivity contribution in [2.24, 2.45) is 0 Å². The van der Waals surface area contributed by atoms with Crippen LogP contribution in [0.2, 0.25) is 0 Å². The summed E-state index contributed by atoms with van der Waals surface area (Å²) in [4.78, 5) is 28.5. The second kappa shape index (κ2) is 11.1. The summed E-state index contributed by atoms with van der Waals surface area (Å²) in [7, 11) is 0. The van der Waals surface area contributed by atoms with E-state index in [1.165, 1.54) is 23.9 Å². The Morgan fingerprint density at radius 1 is 1.21 bits per heavy atom. The van der Waals surface area contributed by atoms with E-state index in [0.29, 0.717) is 19.0 Å². The number of para-hydroxylation sites is 1. The molecule has 2 atom stereocenters. The van der Waals surface area contributed by atoms with Crippen LogP contribution in [0.5, 0.6) is 0 Å². The molecule has 0 unspecified atom stereocenters. The summed E-state index contributed by atoms with van der Waals surface area (Å²) in [6.07, 6.45) is 1.90. The van der Waals surface area contributed by atoms with Gasteiger partial charge in [0.2, 0.25) is 11.8 Å². The van der Waals surface area contributed by atoms with E-state index in [2.05, 4.69) is 26.1 Å². The lowest BCUT2D eigenvalue weighted by atomic mass is 9.87. The van der Waals surface area contributed by atoms with Crippen LogP contribution >= 0.6 is 11.8 Å². The minimum Gasteiger partial charge on any atom is -0.376 e. The van der Waals surface area contributed by atoms with Gasteiger partial charge in [-0.3, -0.25) is 14.5 Å². The van der Waals surface area contributed by atoms with Crippen LogP contribution in [-0.4, -0.2) is 53.1 Å². The summed E-state index contributed by atoms with van der Waals surface area (Å²) in [5.74, 6) is -0.0758. The second-order valence-electron chi connectivity index (χ2n) is 11.2. The third-order valence-corrected chi connectivity index (χ3v) is 8.40. The maximum absolute atomic E-state index is 14.4. The van der Waals surface area contributed by atoms with Crippen LogP contribution in [0.3, 0.4) is 0 Å². The number of halogens is 1. The zero-order valence-corrected chi connectivity index (χ0v) is 23.7. The Hall–Kier alpha value is -3.17. The van der Waals surface area contributed by atoms with Crippen molar-refractivity contribution in [2.75, 3.05) is 30.3 Å². The molecule has 7 nitrogen and oxygen atoms in total. The molecule has 206 valence electrons. The van der Waals surface area contributed by atoms with Crippen LogP contribution in [0.25, 0.3) is 5.69 Å². The molecule has 0 aliphatic carbocycles. The predicted molar refractivity (Wildman–Crippen MR) is 152 cm³/mol. The molecule has 0 radical (unpaired) electrons. The summed E-state index contributed by atoms with van der Waals surface area (Å²) in [5, 5.41) is 7.72. The van der Waals surface area contributed by atoms with Crippen LogP contribution in [0.4, 0.5) is 10.2 Å². The number of carbonyl (C=O) groups excluding carboxylic acids is 2. The summed E-state index contributed by atoms with van der Waals surface area (Å²) < 4.78 is 21.9. The molecule has 2 amide bonds. The molecule has 39 heavy (non-hydrogen) atoms. The van der Waals surface area contributed by atoms with Crippen molar-refractivity contribution in [1.82, 2.24) is 15.1 Å². The molecule has 9 heteroatoms. The first-order valence-electron chi connectivity index (χ1n) is 13.4. The lowest BCUT2D eigenvalue weighted by Gasteiger charge is -2.25. The number of rotatable bonds is 6. The minimum absolute atomic E-state index is 0.00208. The van der Waals surface area contributed by atoms with Gasteiger partial charge in [-0.05, 0) is 49.1 Å². The van der Waals surface area contributed by atoms with Gasteiger partial charge in [0.25, 0.3) is 0 Å². The van der Waals surface area contributed by atoms with Crippen molar-refractivity contribution in [2.45, 2.75) is 57.3 Å². The predicted octanol–water partition coefficient (Wildman–Crippen LogP) is 5.08. The number of amides is 2. The first-order valence-corrected chi connectivity index (χ1v) is 14.4. The summed E-state index contributed by atoms with van der Waals surface area (Å²) in [6, 6.07) is 14.4. The molecule has 1 aromatic heterocycles. The average molecular weight is 551 g/mol. The first-order chi connectivity index (χ1) is 18.6. The van der Waals surface area contributed by atoms with E-state index in [0.717, 1.165) is 40.9 Å². The van der Waals surface area contributed by atoms with Crippen molar-refractivity contribution in [3.8, 4) is 5.69 Å². The number of anilines is 1. The normalized spacial score (nSPS) is 19.6. The van der Waals surface area contributed by atoms with Crippen molar-refractivity contribution < 1.29 is 18.7 Å². The Balaban J connectivity index is 1.66. The largest absolute Gasteiger partial charge is 0.376 e. The third kappa shape index (κ3) is 5.75. The molecule has 2 aliphatic heterocycles. The third-order valence-electron chi connectivity index (χ3n) is 7.15. The number of aromatic nitrogens is 2. The number of nitrogens with one attached hydrogen (secondary N) is 1. The van der Waals surface area contributed by atoms with Gasteiger partial charge in [-0.2, -0.15) is 5.10 Å². The van der Waals surface area contributed by atoms with Crippen molar-refractivity contribution >= 4 is 29.4 Å². The molecule has 2 aliphatic rings. The number of aryl methyl sites for hydroxylation is 1. The molecule has 0 spiro atoms. The average Bonchev–Trinajstić information content (AvgIpc) is 3.52. The molecule has 1 fully saturated rings. The molecule has 0 bridgehead atoms. The van der Waals surface area contributed by atoms with E-state index < -0.39 is 0 Å².